The number of nitrogens with one attached hydrogen (secondary N) is 2. The third-order valence-corrected chi connectivity index (χ3v) is 7.66. The number of nitrogens with zero attached hydrogens (tertiary/aromatic N) is 3. The number of aromatic amines is 2. The number of rotatable bonds is 4. The van der Waals surface area contributed by atoms with Gasteiger partial charge < -0.3 is 19.6 Å². The molecule has 31 heavy (non-hydrogen) atoms. The highest BCUT2D eigenvalue weighted by molar-refractivity contribution is 7.89. The lowest BCUT2D eigenvalue weighted by Crippen LogP contribution is -2.40. The van der Waals surface area contributed by atoms with E-state index < -0.39 is 10.0 Å². The van der Waals surface area contributed by atoms with Crippen molar-refractivity contribution in [2.75, 3.05) is 39.4 Å². The lowest BCUT2D eigenvalue weighted by Gasteiger charge is -2.26. The zero-order chi connectivity index (χ0) is 21.4. The smallest absolute Gasteiger partial charge is 0.270 e. The van der Waals surface area contributed by atoms with Gasteiger partial charge in [-0.3, -0.25) is 4.79 Å². The number of sulfonamides is 1. The summed E-state index contributed by atoms with van der Waals surface area (Å²) in [5.41, 5.74) is 3.40. The van der Waals surface area contributed by atoms with Gasteiger partial charge in [0.15, 0.2) is 0 Å². The van der Waals surface area contributed by atoms with Crippen molar-refractivity contribution in [2.24, 2.45) is 0 Å². The van der Waals surface area contributed by atoms with E-state index in [1.54, 1.807) is 11.1 Å². The molecule has 2 N–H and O–H groups in total. The predicted molar refractivity (Wildman–Crippen MR) is 115 cm³/mol. The van der Waals surface area contributed by atoms with E-state index in [0.29, 0.717) is 45.8 Å². The second-order valence-electron chi connectivity index (χ2n) is 7.60. The molecule has 2 aliphatic heterocycles. The predicted octanol–water partition coefficient (Wildman–Crippen LogP) is 1.84. The third kappa shape index (κ3) is 3.67. The van der Waals surface area contributed by atoms with E-state index in [0.717, 1.165) is 16.6 Å². The molecule has 10 heteroatoms. The zero-order valence-electron chi connectivity index (χ0n) is 16.9. The summed E-state index contributed by atoms with van der Waals surface area (Å²) in [7, 11) is -3.63. The van der Waals surface area contributed by atoms with Crippen molar-refractivity contribution in [1.82, 2.24) is 24.2 Å². The Kier molecular flexibility index (Phi) is 5.12. The van der Waals surface area contributed by atoms with Gasteiger partial charge in [0.2, 0.25) is 10.0 Å². The van der Waals surface area contributed by atoms with Crippen molar-refractivity contribution in [3.63, 3.8) is 0 Å². The minimum Gasteiger partial charge on any atom is -0.379 e. The van der Waals surface area contributed by atoms with Crippen LogP contribution in [0.15, 0.2) is 47.8 Å². The van der Waals surface area contributed by atoms with Crippen LogP contribution in [0, 0.1) is 0 Å². The maximum atomic E-state index is 12.9. The maximum Gasteiger partial charge on any atom is 0.270 e. The number of hydrogen-bond donors (Lipinski definition) is 2. The van der Waals surface area contributed by atoms with Crippen molar-refractivity contribution in [3.05, 3.63) is 54.1 Å². The fourth-order valence-corrected chi connectivity index (χ4v) is 5.48. The third-order valence-electron chi connectivity index (χ3n) is 5.79. The van der Waals surface area contributed by atoms with Crippen LogP contribution in [0.2, 0.25) is 0 Å². The summed E-state index contributed by atoms with van der Waals surface area (Å²) in [4.78, 5) is 25.1. The first-order valence-corrected chi connectivity index (χ1v) is 11.6. The maximum absolute atomic E-state index is 12.9. The van der Waals surface area contributed by atoms with Crippen molar-refractivity contribution in [1.29, 1.82) is 0 Å². The molecule has 0 bridgehead atoms. The van der Waals surface area contributed by atoms with E-state index in [1.807, 2.05) is 24.4 Å². The Bertz CT molecular complexity index is 1250. The monoisotopic (exact) mass is 441 g/mol. The van der Waals surface area contributed by atoms with Crippen LogP contribution in [0.5, 0.6) is 0 Å². The minimum atomic E-state index is -3.63. The SMILES string of the molecule is O=C(c1cc(S(=O)(=O)N2CCOCC2)c[nH]1)N1CC=C(c2c[nH]c3ncccc23)CC1. The zero-order valence-corrected chi connectivity index (χ0v) is 17.7. The molecule has 0 unspecified atom stereocenters. The summed E-state index contributed by atoms with van der Waals surface area (Å²) in [6.07, 6.45) is 7.86. The van der Waals surface area contributed by atoms with E-state index in [4.69, 9.17) is 4.74 Å². The molecule has 0 saturated carbocycles. The molecule has 1 amide bonds. The molecule has 0 aromatic carbocycles. The van der Waals surface area contributed by atoms with E-state index in [1.165, 1.54) is 22.1 Å². The highest BCUT2D eigenvalue weighted by Crippen LogP contribution is 2.29. The van der Waals surface area contributed by atoms with Gasteiger partial charge in [0.1, 0.15) is 16.2 Å². The highest BCUT2D eigenvalue weighted by atomic mass is 32.2. The molecule has 5 rings (SSSR count). The number of aromatic nitrogens is 3. The van der Waals surface area contributed by atoms with Crippen LogP contribution in [0.25, 0.3) is 16.6 Å². The second-order valence-corrected chi connectivity index (χ2v) is 9.54. The summed E-state index contributed by atoms with van der Waals surface area (Å²) in [6, 6.07) is 5.37. The molecular formula is C21H23N5O4S. The molecule has 162 valence electrons. The first kappa shape index (κ1) is 20.0. The lowest BCUT2D eigenvalue weighted by molar-refractivity contribution is 0.0730. The number of pyridine rings is 1. The highest BCUT2D eigenvalue weighted by Gasteiger charge is 2.29. The van der Waals surface area contributed by atoms with Gasteiger partial charge in [-0.25, -0.2) is 13.4 Å². The Morgan fingerprint density at radius 1 is 1.13 bits per heavy atom. The standard InChI is InChI=1S/C21H23N5O4S/c27-21(19-12-16(13-23-19)31(28,29)26-8-10-30-11-9-26)25-6-3-15(4-7-25)18-14-24-20-17(18)2-1-5-22-20/h1-3,5,12-14,23H,4,6-11H2,(H,22,24). The molecule has 1 saturated heterocycles. The average molecular weight is 442 g/mol. The summed E-state index contributed by atoms with van der Waals surface area (Å²) in [6.45, 7) is 2.42. The van der Waals surface area contributed by atoms with Crippen LogP contribution in [0.1, 0.15) is 22.5 Å². The van der Waals surface area contributed by atoms with E-state index in [9.17, 15) is 13.2 Å². The molecule has 3 aromatic heterocycles. The number of carbonyl (C=O) groups is 1. The van der Waals surface area contributed by atoms with Crippen LogP contribution in [0.4, 0.5) is 0 Å². The van der Waals surface area contributed by atoms with Gasteiger partial charge in [-0.2, -0.15) is 4.31 Å². The Hall–Kier alpha value is -2.95. The van der Waals surface area contributed by atoms with E-state index in [2.05, 4.69) is 15.0 Å². The van der Waals surface area contributed by atoms with Crippen molar-refractivity contribution in [3.8, 4) is 0 Å². The summed E-state index contributed by atoms with van der Waals surface area (Å²) >= 11 is 0. The number of H-pyrrole nitrogens is 2. The van der Waals surface area contributed by atoms with Gasteiger partial charge >= 0.3 is 0 Å². The Morgan fingerprint density at radius 3 is 2.74 bits per heavy atom. The largest absolute Gasteiger partial charge is 0.379 e. The molecule has 2 aliphatic rings. The Labute approximate surface area is 179 Å². The molecule has 5 heterocycles. The molecule has 3 aromatic rings. The van der Waals surface area contributed by atoms with Gasteiger partial charge in [0, 0.05) is 55.7 Å². The number of carbonyl (C=O) groups excluding carboxylic acids is 1. The summed E-state index contributed by atoms with van der Waals surface area (Å²) in [5, 5.41) is 1.07. The Morgan fingerprint density at radius 2 is 1.97 bits per heavy atom. The van der Waals surface area contributed by atoms with Crippen molar-refractivity contribution in [2.45, 2.75) is 11.3 Å². The quantitative estimate of drug-likeness (QED) is 0.642. The number of morpholine rings is 1. The van der Waals surface area contributed by atoms with Gasteiger partial charge in [-0.15, -0.1) is 0 Å². The summed E-state index contributed by atoms with van der Waals surface area (Å²) in [5.74, 6) is -0.209. The van der Waals surface area contributed by atoms with Crippen LogP contribution in [-0.4, -0.2) is 77.9 Å². The van der Waals surface area contributed by atoms with Crippen LogP contribution in [-0.2, 0) is 14.8 Å². The van der Waals surface area contributed by atoms with Gasteiger partial charge in [-0.05, 0) is 30.2 Å². The van der Waals surface area contributed by atoms with Crippen LogP contribution in [0.3, 0.4) is 0 Å². The average Bonchev–Trinajstić information content (AvgIpc) is 3.47. The fraction of sp³-hybridized carbons (Fsp3) is 0.333. The van der Waals surface area contributed by atoms with Crippen LogP contribution >= 0.6 is 0 Å². The number of ether oxygens (including phenoxy) is 1. The number of hydrogen-bond acceptors (Lipinski definition) is 5. The van der Waals surface area contributed by atoms with Crippen molar-refractivity contribution < 1.29 is 17.9 Å². The van der Waals surface area contributed by atoms with E-state index in [-0.39, 0.29) is 16.5 Å². The van der Waals surface area contributed by atoms with E-state index >= 15 is 0 Å². The molecule has 0 radical (unpaired) electrons. The molecule has 0 atom stereocenters. The van der Waals surface area contributed by atoms with Crippen LogP contribution < -0.4 is 0 Å². The molecule has 9 nitrogen and oxygen atoms in total. The first-order chi connectivity index (χ1) is 15.0. The molecule has 0 spiro atoms. The van der Waals surface area contributed by atoms with Gasteiger partial charge in [0.25, 0.3) is 5.91 Å². The van der Waals surface area contributed by atoms with Gasteiger partial charge in [-0.1, -0.05) is 6.08 Å². The number of amides is 1. The van der Waals surface area contributed by atoms with Gasteiger partial charge in [0.05, 0.1) is 13.2 Å². The molecule has 0 aliphatic carbocycles. The second kappa shape index (κ2) is 7.95. The molecule has 1 fully saturated rings. The Balaban J connectivity index is 1.31. The first-order valence-electron chi connectivity index (χ1n) is 10.2. The normalized spacial score (nSPS) is 18.3. The topological polar surface area (TPSA) is 111 Å². The van der Waals surface area contributed by atoms with Crippen molar-refractivity contribution >= 4 is 32.5 Å². The molecular weight excluding hydrogens is 418 g/mol. The fourth-order valence-electron chi connectivity index (χ4n) is 4.07. The lowest BCUT2D eigenvalue weighted by atomic mass is 9.99. The summed E-state index contributed by atoms with van der Waals surface area (Å²) < 4.78 is 32.2. The number of fused-ring (bicyclic) bond motifs is 1. The minimum absolute atomic E-state index is 0.109.